The van der Waals surface area contributed by atoms with Crippen LogP contribution in [0.4, 0.5) is 5.69 Å². The van der Waals surface area contributed by atoms with Gasteiger partial charge in [-0.3, -0.25) is 4.79 Å². The maximum Gasteiger partial charge on any atom is 0.170 e. The van der Waals surface area contributed by atoms with Gasteiger partial charge in [-0.15, -0.1) is 0 Å². The zero-order chi connectivity index (χ0) is 23.5. The number of fused-ring (bicyclic) bond motifs is 1. The van der Waals surface area contributed by atoms with Crippen molar-refractivity contribution in [2.75, 3.05) is 33.3 Å². The van der Waals surface area contributed by atoms with Crippen molar-refractivity contribution in [3.05, 3.63) is 53.1 Å². The molecule has 1 aliphatic carbocycles. The Morgan fingerprint density at radius 2 is 1.85 bits per heavy atom. The second kappa shape index (κ2) is 10.2. The summed E-state index contributed by atoms with van der Waals surface area (Å²) in [6.45, 7) is 2.26. The normalized spacial score (nSPS) is 24.8. The zero-order valence-corrected chi connectivity index (χ0v) is 20.6. The molecule has 0 amide bonds. The molecule has 178 valence electrons. The van der Waals surface area contributed by atoms with Crippen LogP contribution in [0.15, 0.2) is 36.4 Å². The Kier molecular flexibility index (Phi) is 7.28. The number of rotatable bonds is 7. The highest BCUT2D eigenvalue weighted by atomic mass is 16.5. The SMILES string of the molecule is CCC1CCc2cc(C3CC(OC)CCC3C(=O)c3cc(OC)ccc3OC)ccc2N1C. The number of ketones is 1. The molecule has 5 nitrogen and oxygen atoms in total. The Labute approximate surface area is 198 Å². The van der Waals surface area contributed by atoms with Gasteiger partial charge in [0, 0.05) is 31.8 Å². The summed E-state index contributed by atoms with van der Waals surface area (Å²) in [5, 5.41) is 0. The molecule has 2 aliphatic rings. The van der Waals surface area contributed by atoms with Crippen LogP contribution >= 0.6 is 0 Å². The van der Waals surface area contributed by atoms with E-state index in [4.69, 9.17) is 14.2 Å². The highest BCUT2D eigenvalue weighted by Crippen LogP contribution is 2.44. The number of nitrogens with zero attached hydrogens (tertiary/aromatic N) is 1. The first kappa shape index (κ1) is 23.6. The van der Waals surface area contributed by atoms with E-state index in [1.807, 2.05) is 18.2 Å². The van der Waals surface area contributed by atoms with E-state index in [1.165, 1.54) is 23.2 Å². The molecule has 0 saturated heterocycles. The maximum absolute atomic E-state index is 13.9. The minimum Gasteiger partial charge on any atom is -0.497 e. The van der Waals surface area contributed by atoms with Gasteiger partial charge < -0.3 is 19.1 Å². The van der Waals surface area contributed by atoms with Gasteiger partial charge in [0.1, 0.15) is 11.5 Å². The molecule has 1 fully saturated rings. The summed E-state index contributed by atoms with van der Waals surface area (Å²) >= 11 is 0. The molecule has 4 atom stereocenters. The van der Waals surface area contributed by atoms with E-state index < -0.39 is 0 Å². The molecule has 0 bridgehead atoms. The lowest BCUT2D eigenvalue weighted by Crippen LogP contribution is -2.36. The van der Waals surface area contributed by atoms with Crippen molar-refractivity contribution < 1.29 is 19.0 Å². The van der Waals surface area contributed by atoms with Crippen molar-refractivity contribution in [1.82, 2.24) is 0 Å². The fourth-order valence-corrected chi connectivity index (χ4v) is 5.81. The number of anilines is 1. The smallest absolute Gasteiger partial charge is 0.170 e. The average molecular weight is 452 g/mol. The molecular formula is C28H37NO4. The number of benzene rings is 2. The van der Waals surface area contributed by atoms with E-state index in [1.54, 1.807) is 21.3 Å². The van der Waals surface area contributed by atoms with Crippen LogP contribution in [0, 0.1) is 5.92 Å². The molecule has 0 N–H and O–H groups in total. The first-order valence-electron chi connectivity index (χ1n) is 12.1. The van der Waals surface area contributed by atoms with Crippen molar-refractivity contribution in [3.63, 3.8) is 0 Å². The van der Waals surface area contributed by atoms with Gasteiger partial charge >= 0.3 is 0 Å². The van der Waals surface area contributed by atoms with Crippen molar-refractivity contribution in [2.24, 2.45) is 5.92 Å². The molecule has 2 aromatic carbocycles. The third-order valence-electron chi connectivity index (χ3n) is 7.82. The molecule has 4 unspecified atom stereocenters. The topological polar surface area (TPSA) is 48.0 Å². The van der Waals surface area contributed by atoms with Crippen molar-refractivity contribution >= 4 is 11.5 Å². The number of aryl methyl sites for hydroxylation is 1. The zero-order valence-electron chi connectivity index (χ0n) is 20.6. The molecule has 0 aromatic heterocycles. The number of methoxy groups -OCH3 is 3. The van der Waals surface area contributed by atoms with Gasteiger partial charge in [-0.1, -0.05) is 19.1 Å². The molecule has 0 spiro atoms. The van der Waals surface area contributed by atoms with Crippen LogP contribution in [0.25, 0.3) is 0 Å². The molecule has 4 rings (SSSR count). The third kappa shape index (κ3) is 4.61. The quantitative estimate of drug-likeness (QED) is 0.510. The van der Waals surface area contributed by atoms with Gasteiger partial charge in [0.2, 0.25) is 0 Å². The molecule has 2 aromatic rings. The highest BCUT2D eigenvalue weighted by Gasteiger charge is 2.38. The minimum absolute atomic E-state index is 0.111. The second-order valence-electron chi connectivity index (χ2n) is 9.41. The summed E-state index contributed by atoms with van der Waals surface area (Å²) in [5.41, 5.74) is 4.57. The van der Waals surface area contributed by atoms with Crippen LogP contribution in [0.1, 0.15) is 66.4 Å². The van der Waals surface area contributed by atoms with Crippen LogP contribution in [0.5, 0.6) is 11.5 Å². The van der Waals surface area contributed by atoms with Crippen molar-refractivity contribution in [2.45, 2.75) is 63.5 Å². The molecule has 1 aliphatic heterocycles. The van der Waals surface area contributed by atoms with Gasteiger partial charge in [0.05, 0.1) is 25.9 Å². The summed E-state index contributed by atoms with van der Waals surface area (Å²) in [4.78, 5) is 16.3. The van der Waals surface area contributed by atoms with Crippen LogP contribution in [0.2, 0.25) is 0 Å². The van der Waals surface area contributed by atoms with Gasteiger partial charge in [-0.2, -0.15) is 0 Å². The lowest BCUT2D eigenvalue weighted by atomic mass is 9.70. The number of carbonyl (C=O) groups excluding carboxylic acids is 1. The summed E-state index contributed by atoms with van der Waals surface area (Å²) in [5.74, 6) is 1.41. The molecular weight excluding hydrogens is 414 g/mol. The fourth-order valence-electron chi connectivity index (χ4n) is 5.81. The Bertz CT molecular complexity index is 988. The molecule has 1 heterocycles. The fraction of sp³-hybridized carbons (Fsp3) is 0.536. The summed E-state index contributed by atoms with van der Waals surface area (Å²) in [6.07, 6.45) is 6.15. The van der Waals surface area contributed by atoms with E-state index in [9.17, 15) is 4.79 Å². The average Bonchev–Trinajstić information content (AvgIpc) is 2.87. The lowest BCUT2D eigenvalue weighted by Gasteiger charge is -2.38. The first-order chi connectivity index (χ1) is 16.0. The number of carbonyl (C=O) groups is 1. The van der Waals surface area contributed by atoms with Gasteiger partial charge in [0.25, 0.3) is 0 Å². The second-order valence-corrected chi connectivity index (χ2v) is 9.41. The predicted octanol–water partition coefficient (Wildman–Crippen LogP) is 5.65. The van der Waals surface area contributed by atoms with Gasteiger partial charge in [-0.05, 0) is 79.8 Å². The van der Waals surface area contributed by atoms with Gasteiger partial charge in [0.15, 0.2) is 5.78 Å². The summed E-state index contributed by atoms with van der Waals surface area (Å²) in [7, 11) is 7.22. The van der Waals surface area contributed by atoms with Crippen molar-refractivity contribution in [1.29, 1.82) is 0 Å². The van der Waals surface area contributed by atoms with E-state index in [2.05, 4.69) is 37.1 Å². The molecule has 33 heavy (non-hydrogen) atoms. The largest absolute Gasteiger partial charge is 0.497 e. The van der Waals surface area contributed by atoms with E-state index in [0.717, 1.165) is 32.1 Å². The van der Waals surface area contributed by atoms with Crippen LogP contribution in [-0.2, 0) is 11.2 Å². The Morgan fingerprint density at radius 1 is 1.03 bits per heavy atom. The van der Waals surface area contributed by atoms with E-state index in [0.29, 0.717) is 23.1 Å². The molecule has 0 radical (unpaired) electrons. The first-order valence-corrected chi connectivity index (χ1v) is 12.1. The standard InChI is InChI=1S/C28H37NO4/c1-6-20-9-7-19-15-18(8-13-26(19)29(20)2)24-16-21(31-3)10-12-23(24)28(30)25-17-22(32-4)11-14-27(25)33-5/h8,11,13-15,17,20-21,23-24H,6-7,9-10,12,16H2,1-5H3. The lowest BCUT2D eigenvalue weighted by molar-refractivity contribution is 0.0430. The number of hydrogen-bond donors (Lipinski definition) is 0. The van der Waals surface area contributed by atoms with Crippen LogP contribution < -0.4 is 14.4 Å². The van der Waals surface area contributed by atoms with Crippen molar-refractivity contribution in [3.8, 4) is 11.5 Å². The number of Topliss-reactive ketones (excluding diaryl/α,β-unsaturated/α-hetero) is 1. The van der Waals surface area contributed by atoms with Crippen LogP contribution in [-0.4, -0.2) is 46.3 Å². The summed E-state index contributed by atoms with van der Waals surface area (Å²) < 4.78 is 16.7. The minimum atomic E-state index is -0.111. The Hall–Kier alpha value is -2.53. The number of ether oxygens (including phenoxy) is 3. The summed E-state index contributed by atoms with van der Waals surface area (Å²) in [6, 6.07) is 12.9. The molecule has 5 heteroatoms. The van der Waals surface area contributed by atoms with E-state index >= 15 is 0 Å². The maximum atomic E-state index is 13.9. The van der Waals surface area contributed by atoms with Gasteiger partial charge in [-0.25, -0.2) is 0 Å². The number of hydrogen-bond acceptors (Lipinski definition) is 5. The van der Waals surface area contributed by atoms with Crippen LogP contribution in [0.3, 0.4) is 0 Å². The Morgan fingerprint density at radius 3 is 2.55 bits per heavy atom. The monoisotopic (exact) mass is 451 g/mol. The molecule has 1 saturated carbocycles. The Balaban J connectivity index is 1.69. The third-order valence-corrected chi connectivity index (χ3v) is 7.82. The highest BCUT2D eigenvalue weighted by molar-refractivity contribution is 6.01. The predicted molar refractivity (Wildman–Crippen MR) is 132 cm³/mol. The van der Waals surface area contributed by atoms with E-state index in [-0.39, 0.29) is 23.7 Å².